The van der Waals surface area contributed by atoms with Gasteiger partial charge in [0.2, 0.25) is 5.91 Å². The molecule has 8 nitrogen and oxygen atoms in total. The molecule has 0 bridgehead atoms. The van der Waals surface area contributed by atoms with Gasteiger partial charge in [0, 0.05) is 49.8 Å². The van der Waals surface area contributed by atoms with Gasteiger partial charge in [-0.05, 0) is 26.3 Å². The quantitative estimate of drug-likeness (QED) is 0.544. The number of likely N-dealkylation sites (N-methyl/N-ethyl adjacent to an activating group) is 1. The van der Waals surface area contributed by atoms with Crippen LogP contribution in [-0.4, -0.2) is 58.5 Å². The van der Waals surface area contributed by atoms with Gasteiger partial charge in [-0.25, -0.2) is 0 Å². The molecule has 2 aliphatic heterocycles. The van der Waals surface area contributed by atoms with Crippen LogP contribution in [0.2, 0.25) is 0 Å². The van der Waals surface area contributed by atoms with Crippen LogP contribution in [-0.2, 0) is 9.59 Å². The number of nitrogens with zero attached hydrogens (tertiary/aromatic N) is 3. The van der Waals surface area contributed by atoms with Crippen LogP contribution in [0.5, 0.6) is 5.75 Å². The number of benzene rings is 1. The number of likely N-dealkylation sites (tertiary alicyclic amines) is 1. The van der Waals surface area contributed by atoms with Crippen LogP contribution in [0.4, 0.5) is 18.9 Å². The highest BCUT2D eigenvalue weighted by molar-refractivity contribution is 5.92. The van der Waals surface area contributed by atoms with Gasteiger partial charge in [-0.1, -0.05) is 0 Å². The number of carbonyl (C=O) groups is 2. The first-order valence-electron chi connectivity index (χ1n) is 9.17. The average molecular weight is 427 g/mol. The zero-order valence-electron chi connectivity index (χ0n) is 16.6. The summed E-state index contributed by atoms with van der Waals surface area (Å²) in [4.78, 5) is 36.8. The molecule has 2 heterocycles. The second-order valence-corrected chi connectivity index (χ2v) is 7.69. The molecule has 11 heteroatoms. The summed E-state index contributed by atoms with van der Waals surface area (Å²) in [6, 6.07) is 3.89. The van der Waals surface area contributed by atoms with Gasteiger partial charge >= 0.3 is 12.1 Å². The van der Waals surface area contributed by atoms with Crippen LogP contribution in [0.25, 0.3) is 5.70 Å². The second-order valence-electron chi connectivity index (χ2n) is 7.69. The zero-order valence-corrected chi connectivity index (χ0v) is 16.6. The Bertz CT molecular complexity index is 955. The Morgan fingerprint density at radius 1 is 1.37 bits per heavy atom. The first-order chi connectivity index (χ1) is 13.8. The molecule has 0 N–H and O–H groups in total. The second kappa shape index (κ2) is 7.29. The number of fused-ring (bicyclic) bond motifs is 1. The van der Waals surface area contributed by atoms with E-state index in [-0.39, 0.29) is 40.6 Å². The number of amides is 2. The van der Waals surface area contributed by atoms with E-state index in [0.717, 1.165) is 7.05 Å². The first-order valence-corrected chi connectivity index (χ1v) is 9.17. The van der Waals surface area contributed by atoms with Gasteiger partial charge in [0.15, 0.2) is 0 Å². The highest BCUT2D eigenvalue weighted by Crippen LogP contribution is 2.45. The Hall–Kier alpha value is -3.11. The molecule has 2 aliphatic rings. The number of ether oxygens (including phenoxy) is 1. The van der Waals surface area contributed by atoms with Crippen LogP contribution in [0.15, 0.2) is 23.8 Å². The van der Waals surface area contributed by atoms with Crippen molar-refractivity contribution in [2.24, 2.45) is 0 Å². The Morgan fingerprint density at radius 2 is 2.03 bits per heavy atom. The number of nitro benzene ring substituents is 1. The van der Waals surface area contributed by atoms with E-state index in [2.05, 4.69) is 0 Å². The van der Waals surface area contributed by atoms with Gasteiger partial charge in [-0.3, -0.25) is 19.7 Å². The van der Waals surface area contributed by atoms with Crippen LogP contribution in [0.1, 0.15) is 32.3 Å². The van der Waals surface area contributed by atoms with Crippen LogP contribution < -0.4 is 4.74 Å². The standard InChI is InChI=1S/C19H20F3N3O5/c1-18(2)13(10-23(3)17(27)19(20,21)22)16(24-8-4-5-15(24)26)12-9-11(25(28)29)6-7-14(12)30-18/h6-7,9H,4-5,8,10H2,1-3H3. The Balaban J connectivity index is 2.20. The number of alkyl halides is 3. The van der Waals surface area contributed by atoms with Crippen molar-refractivity contribution in [3.05, 3.63) is 39.4 Å². The predicted molar refractivity (Wildman–Crippen MR) is 99.4 cm³/mol. The largest absolute Gasteiger partial charge is 0.483 e. The maximum Gasteiger partial charge on any atom is 0.471 e. The van der Waals surface area contributed by atoms with E-state index in [1.54, 1.807) is 13.8 Å². The number of rotatable bonds is 4. The maximum atomic E-state index is 12.9. The summed E-state index contributed by atoms with van der Waals surface area (Å²) in [5, 5.41) is 11.3. The average Bonchev–Trinajstić information content (AvgIpc) is 3.05. The number of hydrogen-bond donors (Lipinski definition) is 0. The third-order valence-electron chi connectivity index (χ3n) is 5.13. The molecule has 1 aromatic carbocycles. The monoisotopic (exact) mass is 427 g/mol. The van der Waals surface area contributed by atoms with E-state index in [1.807, 2.05) is 0 Å². The summed E-state index contributed by atoms with van der Waals surface area (Å²) in [5.41, 5.74) is -0.663. The number of halogens is 3. The molecule has 3 rings (SSSR count). The molecule has 30 heavy (non-hydrogen) atoms. The summed E-state index contributed by atoms with van der Waals surface area (Å²) < 4.78 is 44.6. The lowest BCUT2D eigenvalue weighted by Gasteiger charge is -2.40. The van der Waals surface area contributed by atoms with E-state index in [0.29, 0.717) is 17.9 Å². The number of nitro groups is 1. The smallest absolute Gasteiger partial charge is 0.471 e. The molecule has 0 spiro atoms. The molecule has 0 unspecified atom stereocenters. The fraction of sp³-hybridized carbons (Fsp3) is 0.474. The number of non-ortho nitro benzene ring substituents is 1. The molecule has 0 saturated carbocycles. The summed E-state index contributed by atoms with van der Waals surface area (Å²) >= 11 is 0. The minimum Gasteiger partial charge on any atom is -0.483 e. The number of hydrogen-bond acceptors (Lipinski definition) is 5. The summed E-state index contributed by atoms with van der Waals surface area (Å²) in [5.74, 6) is -2.01. The molecule has 0 aromatic heterocycles. The third kappa shape index (κ3) is 3.83. The molecular weight excluding hydrogens is 407 g/mol. The minimum atomic E-state index is -5.06. The van der Waals surface area contributed by atoms with Crippen molar-refractivity contribution >= 4 is 23.2 Å². The number of carbonyl (C=O) groups excluding carboxylic acids is 2. The summed E-state index contributed by atoms with van der Waals surface area (Å²) in [6.45, 7) is 3.07. The first kappa shape index (κ1) is 21.6. The van der Waals surface area contributed by atoms with Crippen molar-refractivity contribution in [3.8, 4) is 5.75 Å². The topological polar surface area (TPSA) is 93.0 Å². The van der Waals surface area contributed by atoms with Crippen molar-refractivity contribution in [3.63, 3.8) is 0 Å². The van der Waals surface area contributed by atoms with Crippen molar-refractivity contribution in [2.75, 3.05) is 20.1 Å². The van der Waals surface area contributed by atoms with Gasteiger partial charge in [0.25, 0.3) is 5.69 Å². The van der Waals surface area contributed by atoms with E-state index in [9.17, 15) is 32.9 Å². The van der Waals surface area contributed by atoms with Gasteiger partial charge in [0.1, 0.15) is 11.4 Å². The highest BCUT2D eigenvalue weighted by Gasteiger charge is 2.45. The third-order valence-corrected chi connectivity index (χ3v) is 5.13. The summed E-state index contributed by atoms with van der Waals surface area (Å²) in [6.07, 6.45) is -4.27. The van der Waals surface area contributed by atoms with Gasteiger partial charge < -0.3 is 14.5 Å². The summed E-state index contributed by atoms with van der Waals surface area (Å²) in [7, 11) is 1.01. The van der Waals surface area contributed by atoms with Crippen LogP contribution in [0.3, 0.4) is 0 Å². The zero-order chi connectivity index (χ0) is 22.4. The van der Waals surface area contributed by atoms with Crippen LogP contribution in [0, 0.1) is 10.1 Å². The molecule has 1 fully saturated rings. The minimum absolute atomic E-state index is 0.238. The van der Waals surface area contributed by atoms with Crippen molar-refractivity contribution < 1.29 is 32.4 Å². The normalized spacial score (nSPS) is 18.2. The lowest BCUT2D eigenvalue weighted by Crippen LogP contribution is -2.46. The molecular formula is C19H20F3N3O5. The molecule has 1 aromatic rings. The Labute approximate surface area is 170 Å². The van der Waals surface area contributed by atoms with E-state index in [1.165, 1.54) is 23.1 Å². The Morgan fingerprint density at radius 3 is 2.57 bits per heavy atom. The molecule has 0 atom stereocenters. The van der Waals surface area contributed by atoms with E-state index < -0.39 is 29.2 Å². The van der Waals surface area contributed by atoms with Gasteiger partial charge in [-0.15, -0.1) is 0 Å². The van der Waals surface area contributed by atoms with Crippen molar-refractivity contribution in [2.45, 2.75) is 38.5 Å². The molecule has 2 amide bonds. The van der Waals surface area contributed by atoms with Crippen molar-refractivity contribution in [1.29, 1.82) is 0 Å². The van der Waals surface area contributed by atoms with Gasteiger partial charge in [-0.2, -0.15) is 13.2 Å². The lowest BCUT2D eigenvalue weighted by molar-refractivity contribution is -0.384. The van der Waals surface area contributed by atoms with Crippen molar-refractivity contribution in [1.82, 2.24) is 9.80 Å². The predicted octanol–water partition coefficient (Wildman–Crippen LogP) is 3.12. The molecule has 0 radical (unpaired) electrons. The van der Waals surface area contributed by atoms with Crippen LogP contribution >= 0.6 is 0 Å². The Kier molecular flexibility index (Phi) is 5.25. The highest BCUT2D eigenvalue weighted by atomic mass is 19.4. The van der Waals surface area contributed by atoms with Gasteiger partial charge in [0.05, 0.1) is 10.6 Å². The molecule has 0 aliphatic carbocycles. The molecule has 1 saturated heterocycles. The fourth-order valence-electron chi connectivity index (χ4n) is 3.67. The van der Waals surface area contributed by atoms with E-state index in [4.69, 9.17) is 4.74 Å². The lowest BCUT2D eigenvalue weighted by atomic mass is 9.88. The molecule has 162 valence electrons. The maximum absolute atomic E-state index is 12.9. The fourth-order valence-corrected chi connectivity index (χ4v) is 3.67. The van der Waals surface area contributed by atoms with E-state index >= 15 is 0 Å². The SMILES string of the molecule is CN(CC1=C(N2CCCC2=O)c2cc([N+](=O)[O-])ccc2OC1(C)C)C(=O)C(F)(F)F.